The fourth-order valence-corrected chi connectivity index (χ4v) is 0.521. The summed E-state index contributed by atoms with van der Waals surface area (Å²) in [5.74, 6) is 0.624. The predicted molar refractivity (Wildman–Crippen MR) is 51.3 cm³/mol. The molecule has 14 heavy (non-hydrogen) atoms. The van der Waals surface area contributed by atoms with Gasteiger partial charge in [0.25, 0.3) is 0 Å². The van der Waals surface area contributed by atoms with Gasteiger partial charge in [-0.15, -0.1) is 0 Å². The van der Waals surface area contributed by atoms with Crippen molar-refractivity contribution >= 4 is 24.1 Å². The number of aliphatic hydroxyl groups excluding tert-OH is 1. The van der Waals surface area contributed by atoms with Gasteiger partial charge in [-0.3, -0.25) is 0 Å². The number of hydrogen-bond acceptors (Lipinski definition) is 8. The van der Waals surface area contributed by atoms with Gasteiger partial charge in [0.2, 0.25) is 17.8 Å². The van der Waals surface area contributed by atoms with Crippen LogP contribution in [0.25, 0.3) is 0 Å². The molecular formula is C6H12N6O2. The molecule has 1 aromatic rings. The zero-order valence-corrected chi connectivity index (χ0v) is 7.64. The molecule has 0 aliphatic rings. The summed E-state index contributed by atoms with van der Waals surface area (Å²) in [5.41, 5.74) is 10.5. The van der Waals surface area contributed by atoms with Crippen LogP contribution in [0, 0.1) is 0 Å². The van der Waals surface area contributed by atoms with Crippen molar-refractivity contribution in [1.29, 1.82) is 0 Å². The first-order valence-electron chi connectivity index (χ1n) is 3.63. The van der Waals surface area contributed by atoms with Crippen LogP contribution in [-0.2, 0) is 4.79 Å². The van der Waals surface area contributed by atoms with Crippen molar-refractivity contribution < 1.29 is 9.90 Å². The van der Waals surface area contributed by atoms with E-state index in [-0.39, 0.29) is 18.5 Å². The van der Waals surface area contributed by atoms with Crippen LogP contribution in [-0.4, -0.2) is 40.0 Å². The Morgan fingerprint density at radius 1 is 1.36 bits per heavy atom. The highest BCUT2D eigenvalue weighted by Crippen LogP contribution is 2.00. The zero-order valence-electron chi connectivity index (χ0n) is 7.64. The Morgan fingerprint density at radius 3 is 2.07 bits per heavy atom. The number of nitrogen functional groups attached to an aromatic ring is 2. The van der Waals surface area contributed by atoms with Crippen molar-refractivity contribution in [2.45, 2.75) is 0 Å². The predicted octanol–water partition coefficient (Wildman–Crippen LogP) is -1.74. The number of aromatic nitrogens is 3. The maximum atomic E-state index is 8.92. The third kappa shape index (κ3) is 4.83. The number of nitrogens with one attached hydrogen (secondary N) is 1. The lowest BCUT2D eigenvalue weighted by atomic mass is 10.8. The monoisotopic (exact) mass is 200 g/mol. The molecule has 0 bridgehead atoms. The number of carbonyl (C=O) groups excluding carboxylic acids is 1. The molecule has 6 N–H and O–H groups in total. The second-order valence-corrected chi connectivity index (χ2v) is 1.97. The SMILES string of the molecule is CNc1nc(N)nc(N)n1.O=CCO. The van der Waals surface area contributed by atoms with Crippen molar-refractivity contribution in [3.63, 3.8) is 0 Å². The number of nitrogens with zero attached hydrogens (tertiary/aromatic N) is 3. The van der Waals surface area contributed by atoms with Crippen molar-refractivity contribution in [3.05, 3.63) is 0 Å². The molecule has 8 heteroatoms. The van der Waals surface area contributed by atoms with Gasteiger partial charge in [-0.05, 0) is 0 Å². The lowest BCUT2D eigenvalue weighted by molar-refractivity contribution is -0.110. The molecule has 0 saturated carbocycles. The molecular weight excluding hydrogens is 188 g/mol. The minimum Gasteiger partial charge on any atom is -0.389 e. The summed E-state index contributed by atoms with van der Waals surface area (Å²) in [6.45, 7) is -0.361. The molecule has 0 radical (unpaired) electrons. The Balaban J connectivity index is 0.000000364. The maximum absolute atomic E-state index is 8.92. The van der Waals surface area contributed by atoms with Crippen molar-refractivity contribution in [2.75, 3.05) is 30.4 Å². The topological polar surface area (TPSA) is 140 Å². The van der Waals surface area contributed by atoms with Crippen molar-refractivity contribution in [2.24, 2.45) is 0 Å². The van der Waals surface area contributed by atoms with E-state index in [1.165, 1.54) is 0 Å². The molecule has 0 atom stereocenters. The summed E-state index contributed by atoms with van der Waals surface area (Å²) in [4.78, 5) is 19.9. The highest BCUT2D eigenvalue weighted by molar-refractivity contribution is 5.49. The van der Waals surface area contributed by atoms with E-state index in [9.17, 15) is 0 Å². The number of rotatable bonds is 2. The molecule has 0 aliphatic carbocycles. The van der Waals surface area contributed by atoms with Crippen LogP contribution in [0.15, 0.2) is 0 Å². The Kier molecular flexibility index (Phi) is 5.63. The Labute approximate surface area is 80.4 Å². The van der Waals surface area contributed by atoms with Gasteiger partial charge in [-0.1, -0.05) is 0 Å². The molecule has 1 aromatic heterocycles. The molecule has 0 aromatic carbocycles. The van der Waals surface area contributed by atoms with Gasteiger partial charge in [0.15, 0.2) is 0 Å². The van der Waals surface area contributed by atoms with E-state index in [0.717, 1.165) is 0 Å². The summed E-state index contributed by atoms with van der Waals surface area (Å²) >= 11 is 0. The summed E-state index contributed by atoms with van der Waals surface area (Å²) in [7, 11) is 1.67. The normalized spacial score (nSPS) is 8.43. The fourth-order valence-electron chi connectivity index (χ4n) is 0.521. The van der Waals surface area contributed by atoms with E-state index in [1.807, 2.05) is 0 Å². The van der Waals surface area contributed by atoms with Gasteiger partial charge in [0, 0.05) is 7.05 Å². The second-order valence-electron chi connectivity index (χ2n) is 1.97. The fraction of sp³-hybridized carbons (Fsp3) is 0.333. The first-order valence-corrected chi connectivity index (χ1v) is 3.63. The smallest absolute Gasteiger partial charge is 0.229 e. The lowest BCUT2D eigenvalue weighted by Crippen LogP contribution is -2.06. The molecule has 0 fully saturated rings. The highest BCUT2D eigenvalue weighted by Gasteiger charge is 1.96. The van der Waals surface area contributed by atoms with E-state index >= 15 is 0 Å². The van der Waals surface area contributed by atoms with E-state index < -0.39 is 0 Å². The summed E-state index contributed by atoms with van der Waals surface area (Å²) in [6.07, 6.45) is 0.431. The number of hydrogen-bond donors (Lipinski definition) is 4. The van der Waals surface area contributed by atoms with E-state index in [0.29, 0.717) is 12.2 Å². The third-order valence-electron chi connectivity index (χ3n) is 0.968. The number of nitrogens with two attached hydrogens (primary N) is 2. The summed E-state index contributed by atoms with van der Waals surface area (Å²) < 4.78 is 0. The number of aldehydes is 1. The van der Waals surface area contributed by atoms with Crippen LogP contribution < -0.4 is 16.8 Å². The second kappa shape index (κ2) is 6.54. The minimum absolute atomic E-state index is 0.122. The third-order valence-corrected chi connectivity index (χ3v) is 0.968. The van der Waals surface area contributed by atoms with E-state index in [4.69, 9.17) is 21.4 Å². The zero-order chi connectivity index (χ0) is 11.0. The molecule has 0 aliphatic heterocycles. The highest BCUT2D eigenvalue weighted by atomic mass is 16.3. The summed E-state index contributed by atoms with van der Waals surface area (Å²) in [6, 6.07) is 0. The lowest BCUT2D eigenvalue weighted by Gasteiger charge is -1.98. The van der Waals surface area contributed by atoms with Crippen LogP contribution in [0.5, 0.6) is 0 Å². The molecule has 8 nitrogen and oxygen atoms in total. The van der Waals surface area contributed by atoms with Gasteiger partial charge in [0.1, 0.15) is 6.29 Å². The van der Waals surface area contributed by atoms with Crippen LogP contribution in [0.1, 0.15) is 0 Å². The maximum Gasteiger partial charge on any atom is 0.229 e. The summed E-state index contributed by atoms with van der Waals surface area (Å²) in [5, 5.41) is 10.2. The molecule has 0 spiro atoms. The largest absolute Gasteiger partial charge is 0.389 e. The first-order chi connectivity index (χ1) is 6.63. The molecule has 1 heterocycles. The Morgan fingerprint density at radius 2 is 1.79 bits per heavy atom. The first kappa shape index (κ1) is 12.0. The van der Waals surface area contributed by atoms with E-state index in [1.54, 1.807) is 7.05 Å². The number of anilines is 3. The molecule has 1 rings (SSSR count). The van der Waals surface area contributed by atoms with Gasteiger partial charge in [-0.25, -0.2) is 0 Å². The molecule has 0 unspecified atom stereocenters. The van der Waals surface area contributed by atoms with Gasteiger partial charge in [0.05, 0.1) is 6.61 Å². The van der Waals surface area contributed by atoms with Gasteiger partial charge in [-0.2, -0.15) is 15.0 Å². The average molecular weight is 200 g/mol. The number of aliphatic hydroxyl groups is 1. The van der Waals surface area contributed by atoms with Gasteiger partial charge >= 0.3 is 0 Å². The average Bonchev–Trinajstić information content (AvgIpc) is 2.17. The Hall–Kier alpha value is -1.96. The molecule has 0 saturated heterocycles. The van der Waals surface area contributed by atoms with Crippen LogP contribution in [0.3, 0.4) is 0 Å². The van der Waals surface area contributed by atoms with Gasteiger partial charge < -0.3 is 26.7 Å². The standard InChI is InChI=1S/C4H8N6.C2H4O2/c1-7-4-9-2(5)8-3(6)10-4;3-1-2-4/h1H3,(H5,5,6,7,8,9,10);1,4H,2H2. The van der Waals surface area contributed by atoms with Crippen LogP contribution in [0.2, 0.25) is 0 Å². The van der Waals surface area contributed by atoms with Crippen molar-refractivity contribution in [1.82, 2.24) is 15.0 Å². The van der Waals surface area contributed by atoms with Crippen LogP contribution in [0.4, 0.5) is 17.8 Å². The van der Waals surface area contributed by atoms with Crippen LogP contribution >= 0.6 is 0 Å². The molecule has 78 valence electrons. The number of carbonyl (C=O) groups is 1. The minimum atomic E-state index is -0.361. The quantitative estimate of drug-likeness (QED) is 0.412. The van der Waals surface area contributed by atoms with E-state index in [2.05, 4.69) is 20.3 Å². The molecule has 0 amide bonds. The Bertz CT molecular complexity index is 271. The van der Waals surface area contributed by atoms with Crippen molar-refractivity contribution in [3.8, 4) is 0 Å².